The summed E-state index contributed by atoms with van der Waals surface area (Å²) < 4.78 is 39.3. The van der Waals surface area contributed by atoms with Gasteiger partial charge in [-0.1, -0.05) is 18.2 Å². The lowest BCUT2D eigenvalue weighted by Crippen LogP contribution is -2.31. The van der Waals surface area contributed by atoms with Gasteiger partial charge in [0.2, 0.25) is 5.95 Å². The normalized spacial score (nSPS) is 14.3. The number of aryl methyl sites for hydroxylation is 1. The fraction of sp³-hybridized carbons (Fsp3) is 0.160. The molecule has 1 saturated heterocycles. The number of rotatable bonds is 3. The Balaban J connectivity index is 1.41. The first-order chi connectivity index (χ1) is 16.2. The number of hydrogen-bond acceptors (Lipinski definition) is 4. The molecule has 2 amide bonds. The van der Waals surface area contributed by atoms with Gasteiger partial charge in [0.05, 0.1) is 11.1 Å². The van der Waals surface area contributed by atoms with E-state index in [1.54, 1.807) is 11.1 Å². The van der Waals surface area contributed by atoms with Crippen LogP contribution in [0, 0.1) is 6.92 Å². The molecule has 2 N–H and O–H groups in total. The number of halogens is 3. The fourth-order valence-electron chi connectivity index (χ4n) is 4.22. The van der Waals surface area contributed by atoms with Crippen LogP contribution in [0.5, 0.6) is 0 Å². The van der Waals surface area contributed by atoms with Crippen molar-refractivity contribution in [1.82, 2.24) is 9.97 Å². The first-order valence-electron chi connectivity index (χ1n) is 10.6. The minimum atomic E-state index is -4.47. The summed E-state index contributed by atoms with van der Waals surface area (Å²) in [5, 5.41) is 0.863. The summed E-state index contributed by atoms with van der Waals surface area (Å²) in [4.78, 5) is 24.3. The van der Waals surface area contributed by atoms with E-state index in [1.807, 2.05) is 43.3 Å². The van der Waals surface area contributed by atoms with Crippen molar-refractivity contribution >= 4 is 34.3 Å². The molecule has 4 aromatic rings. The fourth-order valence-corrected chi connectivity index (χ4v) is 4.22. The zero-order valence-corrected chi connectivity index (χ0v) is 18.2. The predicted molar refractivity (Wildman–Crippen MR) is 126 cm³/mol. The highest BCUT2D eigenvalue weighted by Gasteiger charge is 2.34. The van der Waals surface area contributed by atoms with E-state index < -0.39 is 11.7 Å². The van der Waals surface area contributed by atoms with Crippen LogP contribution in [0.15, 0.2) is 66.9 Å². The molecule has 3 aromatic carbocycles. The van der Waals surface area contributed by atoms with Gasteiger partial charge in [0.1, 0.15) is 0 Å². The Morgan fingerprint density at radius 3 is 2.38 bits per heavy atom. The Kier molecular flexibility index (Phi) is 5.11. The van der Waals surface area contributed by atoms with Crippen LogP contribution in [-0.2, 0) is 6.18 Å². The number of nitrogen functional groups attached to an aromatic ring is 1. The Morgan fingerprint density at radius 2 is 1.68 bits per heavy atom. The van der Waals surface area contributed by atoms with Crippen LogP contribution in [-0.4, -0.2) is 29.1 Å². The van der Waals surface area contributed by atoms with Gasteiger partial charge in [0.15, 0.2) is 0 Å². The molecular formula is C25H20F3N5O. The molecule has 34 heavy (non-hydrogen) atoms. The number of alkyl halides is 3. The van der Waals surface area contributed by atoms with E-state index in [-0.39, 0.29) is 17.7 Å². The van der Waals surface area contributed by atoms with Gasteiger partial charge in [0.25, 0.3) is 0 Å². The maximum Gasteiger partial charge on any atom is 0.416 e. The molecule has 2 heterocycles. The summed E-state index contributed by atoms with van der Waals surface area (Å²) in [6.45, 7) is 2.63. The standard InChI is InChI=1S/C25H20F3N5O/c1-15-11-20(6-7-21(15)16-5-8-22-17(12-16)14-30-23(29)31-22)33-10-9-32(24(33)34)19-4-2-3-18(13-19)25(26,27)28/h2-8,11-14H,9-10H2,1H3,(H2,29,30,31). The highest BCUT2D eigenvalue weighted by atomic mass is 19.4. The van der Waals surface area contributed by atoms with E-state index in [2.05, 4.69) is 9.97 Å². The number of amides is 2. The number of aromatic nitrogens is 2. The van der Waals surface area contributed by atoms with Crippen LogP contribution >= 0.6 is 0 Å². The predicted octanol–water partition coefficient (Wildman–Crippen LogP) is 5.65. The van der Waals surface area contributed by atoms with Crippen molar-refractivity contribution in [2.75, 3.05) is 28.6 Å². The topological polar surface area (TPSA) is 75.3 Å². The lowest BCUT2D eigenvalue weighted by atomic mass is 9.98. The zero-order valence-electron chi connectivity index (χ0n) is 18.2. The van der Waals surface area contributed by atoms with Crippen molar-refractivity contribution in [3.63, 3.8) is 0 Å². The molecule has 0 atom stereocenters. The molecule has 0 aliphatic carbocycles. The Labute approximate surface area is 193 Å². The first kappa shape index (κ1) is 21.7. The van der Waals surface area contributed by atoms with E-state index in [4.69, 9.17) is 5.73 Å². The van der Waals surface area contributed by atoms with Crippen LogP contribution in [0.4, 0.5) is 35.3 Å². The third-order valence-electron chi connectivity index (χ3n) is 5.93. The maximum absolute atomic E-state index is 13.1. The SMILES string of the molecule is Cc1cc(N2CCN(c3cccc(C(F)(F)F)c3)C2=O)ccc1-c1ccc2nc(N)ncc2c1. The van der Waals surface area contributed by atoms with Gasteiger partial charge in [-0.3, -0.25) is 9.80 Å². The number of fused-ring (bicyclic) bond motifs is 1. The van der Waals surface area contributed by atoms with Crippen LogP contribution in [0.1, 0.15) is 11.1 Å². The van der Waals surface area contributed by atoms with E-state index in [1.165, 1.54) is 17.0 Å². The minimum Gasteiger partial charge on any atom is -0.368 e. The highest BCUT2D eigenvalue weighted by molar-refractivity contribution is 6.06. The summed E-state index contributed by atoms with van der Waals surface area (Å²) in [6, 6.07) is 16.0. The summed E-state index contributed by atoms with van der Waals surface area (Å²) in [7, 11) is 0. The molecule has 0 unspecified atom stereocenters. The number of nitrogens with two attached hydrogens (primary N) is 1. The Bertz CT molecular complexity index is 1420. The largest absolute Gasteiger partial charge is 0.416 e. The summed E-state index contributed by atoms with van der Waals surface area (Å²) >= 11 is 0. The number of nitrogens with zero attached hydrogens (tertiary/aromatic N) is 4. The molecule has 1 aliphatic rings. The third kappa shape index (κ3) is 3.89. The monoisotopic (exact) mass is 463 g/mol. The number of hydrogen-bond donors (Lipinski definition) is 1. The summed E-state index contributed by atoms with van der Waals surface area (Å²) in [5.41, 5.74) is 9.47. The molecule has 0 radical (unpaired) electrons. The van der Waals surface area contributed by atoms with Gasteiger partial charge in [0, 0.05) is 36.0 Å². The third-order valence-corrected chi connectivity index (χ3v) is 5.93. The number of urea groups is 1. The Morgan fingerprint density at radius 1 is 0.941 bits per heavy atom. The smallest absolute Gasteiger partial charge is 0.368 e. The zero-order chi connectivity index (χ0) is 24.0. The van der Waals surface area contributed by atoms with E-state index in [0.717, 1.165) is 39.7 Å². The molecule has 1 aromatic heterocycles. The van der Waals surface area contributed by atoms with E-state index in [9.17, 15) is 18.0 Å². The molecule has 5 rings (SSSR count). The average Bonchev–Trinajstić information content (AvgIpc) is 3.19. The molecule has 0 spiro atoms. The molecular weight excluding hydrogens is 443 g/mol. The second-order valence-corrected chi connectivity index (χ2v) is 8.13. The lowest BCUT2D eigenvalue weighted by Gasteiger charge is -2.20. The van der Waals surface area contributed by atoms with Crippen molar-refractivity contribution in [2.45, 2.75) is 13.1 Å². The van der Waals surface area contributed by atoms with Gasteiger partial charge in [-0.15, -0.1) is 0 Å². The molecule has 172 valence electrons. The molecule has 0 saturated carbocycles. The van der Waals surface area contributed by atoms with Crippen LogP contribution in [0.3, 0.4) is 0 Å². The maximum atomic E-state index is 13.1. The van der Waals surface area contributed by atoms with Crippen molar-refractivity contribution in [3.05, 3.63) is 78.0 Å². The van der Waals surface area contributed by atoms with Crippen LogP contribution in [0.25, 0.3) is 22.0 Å². The number of carbonyl (C=O) groups excluding carboxylic acids is 1. The van der Waals surface area contributed by atoms with Gasteiger partial charge < -0.3 is 5.73 Å². The number of carbonyl (C=O) groups is 1. The van der Waals surface area contributed by atoms with Crippen molar-refractivity contribution in [2.24, 2.45) is 0 Å². The molecule has 1 aliphatic heterocycles. The Hall–Kier alpha value is -4.14. The quantitative estimate of drug-likeness (QED) is 0.426. The van der Waals surface area contributed by atoms with E-state index in [0.29, 0.717) is 18.8 Å². The average molecular weight is 463 g/mol. The first-order valence-corrected chi connectivity index (χ1v) is 10.6. The van der Waals surface area contributed by atoms with Crippen molar-refractivity contribution in [1.29, 1.82) is 0 Å². The van der Waals surface area contributed by atoms with Crippen molar-refractivity contribution in [3.8, 4) is 11.1 Å². The van der Waals surface area contributed by atoms with Gasteiger partial charge in [-0.2, -0.15) is 13.2 Å². The number of anilines is 3. The lowest BCUT2D eigenvalue weighted by molar-refractivity contribution is -0.137. The second kappa shape index (κ2) is 8.02. The van der Waals surface area contributed by atoms with Gasteiger partial charge in [-0.05, 0) is 66.1 Å². The number of benzene rings is 3. The molecule has 6 nitrogen and oxygen atoms in total. The molecule has 9 heteroatoms. The minimum absolute atomic E-state index is 0.218. The summed E-state index contributed by atoms with van der Waals surface area (Å²) in [5.74, 6) is 0.218. The van der Waals surface area contributed by atoms with Gasteiger partial charge >= 0.3 is 12.2 Å². The van der Waals surface area contributed by atoms with Crippen LogP contribution in [0.2, 0.25) is 0 Å². The van der Waals surface area contributed by atoms with Gasteiger partial charge in [-0.25, -0.2) is 14.8 Å². The highest BCUT2D eigenvalue weighted by Crippen LogP contribution is 2.34. The second-order valence-electron chi connectivity index (χ2n) is 8.13. The molecule has 1 fully saturated rings. The summed E-state index contributed by atoms with van der Waals surface area (Å²) in [6.07, 6.45) is -2.79. The van der Waals surface area contributed by atoms with Crippen molar-refractivity contribution < 1.29 is 18.0 Å². The van der Waals surface area contributed by atoms with Crippen LogP contribution < -0.4 is 15.5 Å². The van der Waals surface area contributed by atoms with E-state index >= 15 is 0 Å². The molecule has 0 bridgehead atoms.